The van der Waals surface area contributed by atoms with Crippen molar-refractivity contribution in [3.8, 4) is 0 Å². The average Bonchev–Trinajstić information content (AvgIpc) is 3.15. The molecule has 1 unspecified atom stereocenters. The van der Waals surface area contributed by atoms with Crippen molar-refractivity contribution in [1.29, 1.82) is 0 Å². The molecule has 0 aliphatic rings. The lowest BCUT2D eigenvalue weighted by atomic mass is 9.94. The highest BCUT2D eigenvalue weighted by Gasteiger charge is 2.24. The van der Waals surface area contributed by atoms with E-state index in [1.807, 2.05) is 55.6 Å². The van der Waals surface area contributed by atoms with Gasteiger partial charge in [-0.2, -0.15) is 0 Å². The maximum atomic E-state index is 11.8. The van der Waals surface area contributed by atoms with E-state index >= 15 is 0 Å². The summed E-state index contributed by atoms with van der Waals surface area (Å²) in [5.41, 5.74) is 4.10. The van der Waals surface area contributed by atoms with Gasteiger partial charge in [0.1, 0.15) is 0 Å². The van der Waals surface area contributed by atoms with Crippen LogP contribution in [-0.4, -0.2) is 21.0 Å². The Bertz CT molecular complexity index is 1030. The quantitative estimate of drug-likeness (QED) is 0.521. The fraction of sp³-hybridized carbons (Fsp3) is 0.105. The topological polar surface area (TPSA) is 68.9 Å². The van der Waals surface area contributed by atoms with E-state index in [9.17, 15) is 9.90 Å². The molecular weight excluding hydrogens is 288 g/mol. The molecule has 4 heteroatoms. The third-order valence-electron chi connectivity index (χ3n) is 4.47. The molecule has 0 aliphatic heterocycles. The van der Waals surface area contributed by atoms with Crippen molar-refractivity contribution >= 4 is 27.8 Å². The first-order chi connectivity index (χ1) is 11.2. The van der Waals surface area contributed by atoms with E-state index in [0.29, 0.717) is 5.56 Å². The van der Waals surface area contributed by atoms with Gasteiger partial charge in [-0.25, -0.2) is 4.79 Å². The summed E-state index contributed by atoms with van der Waals surface area (Å²) in [6, 6.07) is 15.6. The number of carbonyl (C=O) groups is 1. The summed E-state index contributed by atoms with van der Waals surface area (Å²) >= 11 is 0. The number of rotatable bonds is 3. The minimum absolute atomic E-state index is 0.0513. The van der Waals surface area contributed by atoms with Gasteiger partial charge in [0, 0.05) is 39.6 Å². The highest BCUT2D eigenvalue weighted by Crippen LogP contribution is 2.34. The minimum Gasteiger partial charge on any atom is -0.478 e. The Balaban J connectivity index is 1.95. The molecule has 0 amide bonds. The highest BCUT2D eigenvalue weighted by molar-refractivity contribution is 6.05. The molecule has 0 spiro atoms. The van der Waals surface area contributed by atoms with E-state index in [4.69, 9.17) is 0 Å². The lowest BCUT2D eigenvalue weighted by Gasteiger charge is -2.11. The normalized spacial score (nSPS) is 12.7. The van der Waals surface area contributed by atoms with Crippen LogP contribution in [0.25, 0.3) is 21.8 Å². The van der Waals surface area contributed by atoms with Crippen LogP contribution in [0.1, 0.15) is 34.5 Å². The van der Waals surface area contributed by atoms with Gasteiger partial charge < -0.3 is 15.1 Å². The molecule has 0 saturated heterocycles. The number of H-pyrrole nitrogens is 2. The lowest BCUT2D eigenvalue weighted by molar-refractivity contribution is 0.0697. The minimum atomic E-state index is -0.899. The Morgan fingerprint density at radius 1 is 1.00 bits per heavy atom. The predicted molar refractivity (Wildman–Crippen MR) is 91.1 cm³/mol. The largest absolute Gasteiger partial charge is 0.478 e. The van der Waals surface area contributed by atoms with Gasteiger partial charge in [-0.15, -0.1) is 0 Å². The lowest BCUT2D eigenvalue weighted by Crippen LogP contribution is -2.05. The molecule has 3 N–H and O–H groups in total. The van der Waals surface area contributed by atoms with Crippen LogP contribution in [0.3, 0.4) is 0 Å². The van der Waals surface area contributed by atoms with Gasteiger partial charge in [-0.05, 0) is 17.7 Å². The van der Waals surface area contributed by atoms with E-state index in [1.54, 1.807) is 0 Å². The summed E-state index contributed by atoms with van der Waals surface area (Å²) < 4.78 is 0. The van der Waals surface area contributed by atoms with Gasteiger partial charge >= 0.3 is 5.97 Å². The van der Waals surface area contributed by atoms with Crippen molar-refractivity contribution in [1.82, 2.24) is 9.97 Å². The van der Waals surface area contributed by atoms with Crippen LogP contribution in [0.5, 0.6) is 0 Å². The third-order valence-corrected chi connectivity index (χ3v) is 4.47. The number of para-hydroxylation sites is 2. The fourth-order valence-electron chi connectivity index (χ4n) is 3.33. The molecule has 4 nitrogen and oxygen atoms in total. The number of aromatic amines is 2. The first-order valence-electron chi connectivity index (χ1n) is 7.56. The molecule has 0 aliphatic carbocycles. The van der Waals surface area contributed by atoms with Gasteiger partial charge in [-0.1, -0.05) is 43.3 Å². The van der Waals surface area contributed by atoms with Crippen LogP contribution in [0.2, 0.25) is 0 Å². The van der Waals surface area contributed by atoms with Crippen molar-refractivity contribution in [3.05, 3.63) is 71.5 Å². The fourth-order valence-corrected chi connectivity index (χ4v) is 3.33. The number of benzene rings is 2. The number of carboxylic acid groups (broad SMARTS) is 1. The molecule has 2 aromatic carbocycles. The zero-order valence-corrected chi connectivity index (χ0v) is 12.6. The zero-order chi connectivity index (χ0) is 16.0. The van der Waals surface area contributed by atoms with Crippen molar-refractivity contribution in [2.75, 3.05) is 0 Å². The number of hydrogen-bond acceptors (Lipinski definition) is 1. The van der Waals surface area contributed by atoms with Gasteiger partial charge in [0.25, 0.3) is 0 Å². The summed E-state index contributed by atoms with van der Waals surface area (Å²) in [6.45, 7) is 2.03. The van der Waals surface area contributed by atoms with Gasteiger partial charge in [0.05, 0.1) is 5.56 Å². The molecule has 2 heterocycles. The van der Waals surface area contributed by atoms with Crippen LogP contribution in [-0.2, 0) is 0 Å². The maximum Gasteiger partial charge on any atom is 0.338 e. The summed E-state index contributed by atoms with van der Waals surface area (Å²) in [5.74, 6) is -0.950. The van der Waals surface area contributed by atoms with Crippen LogP contribution in [0.15, 0.2) is 54.7 Å². The van der Waals surface area contributed by atoms with Crippen LogP contribution >= 0.6 is 0 Å². The molecule has 0 radical (unpaired) electrons. The molecule has 4 rings (SSSR count). The maximum absolute atomic E-state index is 11.8. The molecule has 1 atom stereocenters. The van der Waals surface area contributed by atoms with Crippen molar-refractivity contribution in [2.45, 2.75) is 12.8 Å². The second-order valence-electron chi connectivity index (χ2n) is 5.78. The summed E-state index contributed by atoms with van der Waals surface area (Å²) in [7, 11) is 0. The second kappa shape index (κ2) is 5.02. The van der Waals surface area contributed by atoms with E-state index in [0.717, 1.165) is 33.1 Å². The first-order valence-corrected chi connectivity index (χ1v) is 7.56. The molecule has 23 heavy (non-hydrogen) atoms. The molecule has 0 saturated carbocycles. The van der Waals surface area contributed by atoms with Gasteiger partial charge in [0.2, 0.25) is 0 Å². The van der Waals surface area contributed by atoms with Crippen molar-refractivity contribution in [2.24, 2.45) is 0 Å². The number of carboxylic acids is 1. The van der Waals surface area contributed by atoms with E-state index in [-0.39, 0.29) is 5.92 Å². The molecular formula is C19H16N2O2. The van der Waals surface area contributed by atoms with Gasteiger partial charge in [0.15, 0.2) is 0 Å². The molecule has 114 valence electrons. The Morgan fingerprint density at radius 3 is 2.39 bits per heavy atom. The summed E-state index contributed by atoms with van der Waals surface area (Å²) in [5, 5.41) is 11.6. The van der Waals surface area contributed by atoms with E-state index < -0.39 is 5.97 Å². The molecule has 2 aromatic heterocycles. The van der Waals surface area contributed by atoms with E-state index in [1.165, 1.54) is 0 Å². The number of aromatic carboxylic acids is 1. The Labute approximate surface area is 132 Å². The summed E-state index contributed by atoms with van der Waals surface area (Å²) in [4.78, 5) is 18.4. The third kappa shape index (κ3) is 2.03. The Morgan fingerprint density at radius 2 is 1.65 bits per heavy atom. The average molecular weight is 304 g/mol. The van der Waals surface area contributed by atoms with Crippen LogP contribution < -0.4 is 0 Å². The molecule has 0 fully saturated rings. The van der Waals surface area contributed by atoms with Crippen molar-refractivity contribution in [3.63, 3.8) is 0 Å². The Kier molecular flexibility index (Phi) is 2.98. The first kappa shape index (κ1) is 13.6. The monoisotopic (exact) mass is 304 g/mol. The number of nitrogens with one attached hydrogen (secondary N) is 2. The van der Waals surface area contributed by atoms with Crippen molar-refractivity contribution < 1.29 is 9.90 Å². The Hall–Kier alpha value is -3.01. The SMILES string of the molecule is CC(c1[nH]c2ccccc2c1C(=O)O)c1c[nH]c2ccccc12. The number of aromatic nitrogens is 2. The summed E-state index contributed by atoms with van der Waals surface area (Å²) in [6.07, 6.45) is 1.96. The highest BCUT2D eigenvalue weighted by atomic mass is 16.4. The number of fused-ring (bicyclic) bond motifs is 2. The number of hydrogen-bond donors (Lipinski definition) is 3. The second-order valence-corrected chi connectivity index (χ2v) is 5.78. The standard InChI is InChI=1S/C19H16N2O2/c1-11(14-10-20-15-8-4-2-6-12(14)15)18-17(19(22)23)13-7-3-5-9-16(13)21-18/h2-11,20-21H,1H3,(H,22,23). The smallest absolute Gasteiger partial charge is 0.338 e. The molecule has 4 aromatic rings. The van der Waals surface area contributed by atoms with Gasteiger partial charge in [-0.3, -0.25) is 0 Å². The van der Waals surface area contributed by atoms with Crippen LogP contribution in [0.4, 0.5) is 0 Å². The zero-order valence-electron chi connectivity index (χ0n) is 12.6. The van der Waals surface area contributed by atoms with Crippen LogP contribution in [0, 0.1) is 0 Å². The molecule has 0 bridgehead atoms. The predicted octanol–water partition coefficient (Wildman–Crippen LogP) is 4.50. The van der Waals surface area contributed by atoms with E-state index in [2.05, 4.69) is 16.0 Å².